The summed E-state index contributed by atoms with van der Waals surface area (Å²) in [5, 5.41) is 37.7. The summed E-state index contributed by atoms with van der Waals surface area (Å²) in [6, 6.07) is 8.85. The smallest absolute Gasteiger partial charge is 0.217 e. The van der Waals surface area contributed by atoms with Crippen LogP contribution in [-0.4, -0.2) is 66.5 Å². The largest absolute Gasteiger partial charge is 0.394 e. The van der Waals surface area contributed by atoms with Crippen molar-refractivity contribution in [1.29, 1.82) is 0 Å². The van der Waals surface area contributed by atoms with E-state index in [9.17, 15) is 20.1 Å². The summed E-state index contributed by atoms with van der Waals surface area (Å²) in [4.78, 5) is 11.7. The summed E-state index contributed by atoms with van der Waals surface area (Å²) in [6.45, 7) is 0.815. The third-order valence-corrected chi connectivity index (χ3v) is 5.67. The van der Waals surface area contributed by atoms with Crippen molar-refractivity contribution in [3.05, 3.63) is 35.1 Å². The van der Waals surface area contributed by atoms with E-state index in [-0.39, 0.29) is 6.04 Å². The fourth-order valence-electron chi connectivity index (χ4n) is 3.70. The van der Waals surface area contributed by atoms with E-state index >= 15 is 0 Å². The van der Waals surface area contributed by atoms with Gasteiger partial charge < -0.3 is 25.4 Å². The van der Waals surface area contributed by atoms with Gasteiger partial charge in [0.05, 0.1) is 6.61 Å². The number of amides is 1. The van der Waals surface area contributed by atoms with E-state index in [4.69, 9.17) is 17.0 Å². The van der Waals surface area contributed by atoms with Crippen LogP contribution in [0.25, 0.3) is 11.4 Å². The lowest BCUT2D eigenvalue weighted by molar-refractivity contribution is -0.219. The molecule has 2 fully saturated rings. The van der Waals surface area contributed by atoms with E-state index in [1.807, 2.05) is 34.9 Å². The second-order valence-corrected chi connectivity index (χ2v) is 7.84. The number of carbonyl (C=O) groups is 1. The molecule has 4 rings (SSSR count). The zero-order chi connectivity index (χ0) is 20.7. The second-order valence-electron chi connectivity index (χ2n) is 7.47. The van der Waals surface area contributed by atoms with Gasteiger partial charge in [0.2, 0.25) is 10.7 Å². The highest BCUT2D eigenvalue weighted by atomic mass is 32.1. The summed E-state index contributed by atoms with van der Waals surface area (Å²) in [5.74, 6) is 0.276. The minimum Gasteiger partial charge on any atom is -0.394 e. The minimum absolute atomic E-state index is 0.235. The average molecular weight is 420 g/mol. The Kier molecular flexibility index (Phi) is 5.54. The summed E-state index contributed by atoms with van der Waals surface area (Å²) >= 11 is 5.68. The lowest BCUT2D eigenvalue weighted by Crippen LogP contribution is -2.62. The van der Waals surface area contributed by atoms with E-state index in [1.54, 1.807) is 0 Å². The fraction of sp³-hybridized carbons (Fsp3) is 0.526. The van der Waals surface area contributed by atoms with Crippen LogP contribution >= 0.6 is 12.2 Å². The number of hydrogen-bond donors (Lipinski definition) is 4. The van der Waals surface area contributed by atoms with Crippen molar-refractivity contribution in [3.63, 3.8) is 0 Å². The molecule has 0 radical (unpaired) electrons. The van der Waals surface area contributed by atoms with Crippen LogP contribution < -0.4 is 5.32 Å². The predicted octanol–water partition coefficient (Wildman–Crippen LogP) is 0.532. The van der Waals surface area contributed by atoms with Crippen molar-refractivity contribution < 1.29 is 24.9 Å². The number of carbonyl (C=O) groups excluding carboxylic acids is 1. The molecule has 1 aromatic carbocycles. The number of benzene rings is 1. The molecule has 2 heterocycles. The number of aliphatic hydroxyl groups is 3. The first-order chi connectivity index (χ1) is 13.9. The van der Waals surface area contributed by atoms with Gasteiger partial charge in [-0.2, -0.15) is 0 Å². The Balaban J connectivity index is 1.81. The van der Waals surface area contributed by atoms with Gasteiger partial charge in [-0.05, 0) is 25.1 Å². The second kappa shape index (κ2) is 7.96. The molecule has 156 valence electrons. The van der Waals surface area contributed by atoms with E-state index in [1.165, 1.54) is 11.6 Å². The van der Waals surface area contributed by atoms with Crippen molar-refractivity contribution in [2.75, 3.05) is 6.61 Å². The molecule has 0 spiro atoms. The van der Waals surface area contributed by atoms with E-state index < -0.39 is 43.1 Å². The molecule has 1 saturated carbocycles. The van der Waals surface area contributed by atoms with E-state index in [2.05, 4.69) is 10.4 Å². The van der Waals surface area contributed by atoms with Gasteiger partial charge in [0.1, 0.15) is 24.4 Å². The number of nitrogens with one attached hydrogen (secondary N) is 1. The summed E-state index contributed by atoms with van der Waals surface area (Å²) in [6.07, 6.45) is -2.76. The number of rotatable bonds is 5. The van der Waals surface area contributed by atoms with Crippen molar-refractivity contribution in [3.8, 4) is 11.4 Å². The predicted molar refractivity (Wildman–Crippen MR) is 105 cm³/mol. The van der Waals surface area contributed by atoms with Crippen LogP contribution in [0.1, 0.15) is 32.0 Å². The Morgan fingerprint density at radius 1 is 1.28 bits per heavy atom. The molecule has 1 aromatic heterocycles. The Morgan fingerprint density at radius 2 is 1.97 bits per heavy atom. The van der Waals surface area contributed by atoms with Gasteiger partial charge in [-0.15, -0.1) is 5.10 Å². The molecule has 2 aliphatic rings. The number of hydrogen-bond acceptors (Lipinski definition) is 7. The molecular formula is C19H24N4O5S. The Labute approximate surface area is 172 Å². The van der Waals surface area contributed by atoms with Gasteiger partial charge in [-0.1, -0.05) is 30.3 Å². The van der Waals surface area contributed by atoms with Gasteiger partial charge >= 0.3 is 0 Å². The molecule has 0 unspecified atom stereocenters. The zero-order valence-corrected chi connectivity index (χ0v) is 16.7. The van der Waals surface area contributed by atoms with Crippen LogP contribution in [-0.2, 0) is 9.53 Å². The molecule has 29 heavy (non-hydrogen) atoms. The fourth-order valence-corrected chi connectivity index (χ4v) is 4.08. The van der Waals surface area contributed by atoms with Crippen LogP contribution in [0.2, 0.25) is 0 Å². The molecule has 1 aliphatic heterocycles. The summed E-state index contributed by atoms with van der Waals surface area (Å²) < 4.78 is 9.66. The number of nitrogens with zero attached hydrogens (tertiary/aromatic N) is 3. The third kappa shape index (κ3) is 3.74. The highest BCUT2D eigenvalue weighted by Gasteiger charge is 2.47. The maximum Gasteiger partial charge on any atom is 0.217 e. The van der Waals surface area contributed by atoms with Gasteiger partial charge in [-0.25, -0.2) is 4.68 Å². The average Bonchev–Trinajstić information content (AvgIpc) is 3.49. The van der Waals surface area contributed by atoms with Crippen LogP contribution in [0.4, 0.5) is 0 Å². The minimum atomic E-state index is -1.36. The molecule has 9 nitrogen and oxygen atoms in total. The molecule has 4 N–H and O–H groups in total. The molecule has 1 saturated heterocycles. The number of aliphatic hydroxyl groups excluding tert-OH is 3. The highest BCUT2D eigenvalue weighted by molar-refractivity contribution is 7.71. The van der Waals surface area contributed by atoms with E-state index in [0.717, 1.165) is 18.4 Å². The van der Waals surface area contributed by atoms with Gasteiger partial charge in [0, 0.05) is 18.5 Å². The first-order valence-corrected chi connectivity index (χ1v) is 9.99. The zero-order valence-electron chi connectivity index (χ0n) is 15.9. The molecule has 5 atom stereocenters. The molecule has 1 aliphatic carbocycles. The first-order valence-electron chi connectivity index (χ1n) is 9.58. The topological polar surface area (TPSA) is 122 Å². The van der Waals surface area contributed by atoms with Gasteiger partial charge in [0.25, 0.3) is 0 Å². The van der Waals surface area contributed by atoms with Gasteiger partial charge in [-0.3, -0.25) is 9.36 Å². The van der Waals surface area contributed by atoms with Crippen LogP contribution in [0, 0.1) is 4.77 Å². The third-order valence-electron chi connectivity index (χ3n) is 5.29. The Morgan fingerprint density at radius 3 is 2.55 bits per heavy atom. The quantitative estimate of drug-likeness (QED) is 0.521. The molecule has 0 bridgehead atoms. The van der Waals surface area contributed by atoms with Crippen LogP contribution in [0.5, 0.6) is 0 Å². The van der Waals surface area contributed by atoms with Crippen molar-refractivity contribution in [2.24, 2.45) is 0 Å². The monoisotopic (exact) mass is 420 g/mol. The van der Waals surface area contributed by atoms with Crippen molar-refractivity contribution >= 4 is 18.1 Å². The molecular weight excluding hydrogens is 396 g/mol. The van der Waals surface area contributed by atoms with Crippen LogP contribution in [0.3, 0.4) is 0 Å². The molecule has 2 aromatic rings. The Bertz CT molecular complexity index is 942. The highest BCUT2D eigenvalue weighted by Crippen LogP contribution is 2.39. The maximum atomic E-state index is 11.7. The van der Waals surface area contributed by atoms with Crippen LogP contribution in [0.15, 0.2) is 30.3 Å². The SMILES string of the molecule is CC(=O)N[C@@H]1[C@H](O)[C@H](O)[C@@H](CO)O[C@H]1n1nc(-c2ccccc2)n(C2CC2)c1=S. The normalized spacial score (nSPS) is 29.6. The Hall–Kier alpha value is -2.11. The lowest BCUT2D eigenvalue weighted by Gasteiger charge is -2.42. The number of ether oxygens (including phenoxy) is 1. The van der Waals surface area contributed by atoms with E-state index in [0.29, 0.717) is 10.6 Å². The lowest BCUT2D eigenvalue weighted by atomic mass is 9.96. The van der Waals surface area contributed by atoms with Gasteiger partial charge in [0.15, 0.2) is 12.1 Å². The molecule has 1 amide bonds. The summed E-state index contributed by atoms with van der Waals surface area (Å²) in [5.41, 5.74) is 0.885. The standard InChI is InChI=1S/C19H24N4O5S/c1-10(25)20-14-16(27)15(26)13(9-24)28-18(14)23-19(29)22(12-7-8-12)17(21-23)11-5-3-2-4-6-11/h2-6,12-16,18,24,26-27H,7-9H2,1H3,(H,20,25)/t13-,14-,15-,16+,18-/m1/s1. The van der Waals surface area contributed by atoms with Crippen molar-refractivity contribution in [2.45, 2.75) is 56.4 Å². The van der Waals surface area contributed by atoms with Crippen molar-refractivity contribution in [1.82, 2.24) is 19.7 Å². The molecule has 10 heteroatoms. The first kappa shape index (κ1) is 20.2. The summed E-state index contributed by atoms with van der Waals surface area (Å²) in [7, 11) is 0. The maximum absolute atomic E-state index is 11.7. The number of aromatic nitrogens is 3.